The van der Waals surface area contributed by atoms with E-state index < -0.39 is 23.7 Å². The highest BCUT2D eigenvalue weighted by atomic mass is 16.6. The fraction of sp³-hybridized carbons (Fsp3) is 0.667. The number of likely N-dealkylation sites (tertiary alicyclic amines) is 1. The molecule has 2 aliphatic rings. The van der Waals surface area contributed by atoms with Crippen molar-refractivity contribution >= 4 is 17.8 Å². The van der Waals surface area contributed by atoms with Crippen LogP contribution < -0.4 is 5.32 Å². The van der Waals surface area contributed by atoms with Crippen LogP contribution in [0, 0.1) is 5.92 Å². The minimum Gasteiger partial charge on any atom is -0.465 e. The number of amides is 1. The summed E-state index contributed by atoms with van der Waals surface area (Å²) in [4.78, 5) is 41.1. The molecule has 1 aliphatic carbocycles. The number of esters is 2. The zero-order chi connectivity index (χ0) is 24.9. The van der Waals surface area contributed by atoms with Crippen LogP contribution in [0.4, 0.5) is 0 Å². The van der Waals surface area contributed by atoms with Crippen LogP contribution in [-0.4, -0.2) is 59.1 Å². The van der Waals surface area contributed by atoms with E-state index in [-0.39, 0.29) is 30.5 Å². The standard InChI is InChI=1S/C27H40N2O5/c1-6-33-25(31)21(16-15-19-11-8-7-9-12-19)28-18(2)24(30)29-22-14-10-13-20(22)17-23(29)26(32)34-27(3,4)5/h7-9,11-12,18,20-23,28H,6,10,13-17H2,1-5H3/t18-,20?,21?,22-,23?/m0/s1. The maximum Gasteiger partial charge on any atom is 0.329 e. The van der Waals surface area contributed by atoms with Gasteiger partial charge in [-0.3, -0.25) is 14.9 Å². The van der Waals surface area contributed by atoms with Gasteiger partial charge in [-0.25, -0.2) is 4.79 Å². The molecule has 2 fully saturated rings. The van der Waals surface area contributed by atoms with E-state index in [1.165, 1.54) is 0 Å². The second-order valence-electron chi connectivity index (χ2n) is 10.5. The minimum atomic E-state index is -0.630. The Morgan fingerprint density at radius 1 is 1.15 bits per heavy atom. The van der Waals surface area contributed by atoms with Gasteiger partial charge in [-0.2, -0.15) is 0 Å². The van der Waals surface area contributed by atoms with Crippen LogP contribution in [0.15, 0.2) is 30.3 Å². The van der Waals surface area contributed by atoms with E-state index in [1.54, 1.807) is 18.7 Å². The molecule has 0 radical (unpaired) electrons. The van der Waals surface area contributed by atoms with Crippen molar-refractivity contribution in [2.75, 3.05) is 6.61 Å². The van der Waals surface area contributed by atoms with Crippen molar-refractivity contribution in [1.82, 2.24) is 10.2 Å². The molecule has 1 heterocycles. The first-order valence-electron chi connectivity index (χ1n) is 12.6. The number of hydrogen-bond acceptors (Lipinski definition) is 6. The summed E-state index contributed by atoms with van der Waals surface area (Å²) in [7, 11) is 0. The van der Waals surface area contributed by atoms with E-state index in [4.69, 9.17) is 9.47 Å². The molecule has 0 bridgehead atoms. The monoisotopic (exact) mass is 472 g/mol. The van der Waals surface area contributed by atoms with Crippen molar-refractivity contribution in [2.24, 2.45) is 5.92 Å². The van der Waals surface area contributed by atoms with Gasteiger partial charge < -0.3 is 14.4 Å². The molecule has 3 rings (SSSR count). The average Bonchev–Trinajstić information content (AvgIpc) is 3.37. The number of benzene rings is 1. The first-order valence-corrected chi connectivity index (χ1v) is 12.6. The molecule has 1 saturated carbocycles. The predicted molar refractivity (Wildman–Crippen MR) is 130 cm³/mol. The lowest BCUT2D eigenvalue weighted by Crippen LogP contribution is -2.55. The third-order valence-electron chi connectivity index (χ3n) is 6.73. The molecule has 1 aromatic rings. The van der Waals surface area contributed by atoms with Crippen LogP contribution in [0.3, 0.4) is 0 Å². The van der Waals surface area contributed by atoms with Gasteiger partial charge in [0.1, 0.15) is 17.7 Å². The van der Waals surface area contributed by atoms with Crippen LogP contribution >= 0.6 is 0 Å². The number of nitrogens with zero attached hydrogens (tertiary/aromatic N) is 1. The third kappa shape index (κ3) is 6.59. The number of hydrogen-bond donors (Lipinski definition) is 1. The van der Waals surface area contributed by atoms with Crippen LogP contribution in [-0.2, 0) is 30.3 Å². The largest absolute Gasteiger partial charge is 0.465 e. The lowest BCUT2D eigenvalue weighted by Gasteiger charge is -2.33. The van der Waals surface area contributed by atoms with Gasteiger partial charge >= 0.3 is 11.9 Å². The van der Waals surface area contributed by atoms with Gasteiger partial charge in [0, 0.05) is 6.04 Å². The Hall–Kier alpha value is -2.41. The van der Waals surface area contributed by atoms with Crippen molar-refractivity contribution in [3.63, 3.8) is 0 Å². The zero-order valence-corrected chi connectivity index (χ0v) is 21.2. The highest BCUT2D eigenvalue weighted by molar-refractivity contribution is 5.89. The topological polar surface area (TPSA) is 84.9 Å². The van der Waals surface area contributed by atoms with Gasteiger partial charge in [-0.05, 0) is 78.2 Å². The quantitative estimate of drug-likeness (QED) is 0.553. The minimum absolute atomic E-state index is 0.0552. The lowest BCUT2D eigenvalue weighted by molar-refractivity contribution is -0.164. The van der Waals surface area contributed by atoms with E-state index in [0.717, 1.165) is 24.8 Å². The summed E-state index contributed by atoms with van der Waals surface area (Å²) in [6, 6.07) is 8.18. The molecular formula is C27H40N2O5. The van der Waals surface area contributed by atoms with E-state index >= 15 is 0 Å². The van der Waals surface area contributed by atoms with Crippen molar-refractivity contribution in [2.45, 2.75) is 103 Å². The normalized spacial score (nSPS) is 23.8. The Labute approximate surface area is 203 Å². The summed E-state index contributed by atoms with van der Waals surface area (Å²) in [6.07, 6.45) is 4.84. The summed E-state index contributed by atoms with van der Waals surface area (Å²) in [5.41, 5.74) is 0.510. The SMILES string of the molecule is CCOC(=O)C(CCc1ccccc1)N[C@@H](C)C(=O)N1C(C(=O)OC(C)(C)C)CC2CCC[C@@H]21. The second-order valence-corrected chi connectivity index (χ2v) is 10.5. The first-order chi connectivity index (χ1) is 16.1. The lowest BCUT2D eigenvalue weighted by atomic mass is 10.0. The Morgan fingerprint density at radius 3 is 2.50 bits per heavy atom. The van der Waals surface area contributed by atoms with E-state index in [0.29, 0.717) is 25.2 Å². The molecule has 7 heteroatoms. The predicted octanol–water partition coefficient (Wildman–Crippen LogP) is 3.64. The molecule has 0 aromatic heterocycles. The van der Waals surface area contributed by atoms with Gasteiger partial charge in [-0.1, -0.05) is 36.8 Å². The van der Waals surface area contributed by atoms with Crippen molar-refractivity contribution in [3.05, 3.63) is 35.9 Å². The highest BCUT2D eigenvalue weighted by Crippen LogP contribution is 2.42. The summed E-state index contributed by atoms with van der Waals surface area (Å²) in [5.74, 6) is -0.526. The van der Waals surface area contributed by atoms with Gasteiger partial charge in [0.15, 0.2) is 0 Å². The number of carbonyl (C=O) groups excluding carboxylic acids is 3. The second kappa shape index (κ2) is 11.3. The van der Waals surface area contributed by atoms with Crippen LogP contribution in [0.25, 0.3) is 0 Å². The maximum atomic E-state index is 13.7. The van der Waals surface area contributed by atoms with Crippen molar-refractivity contribution in [3.8, 4) is 0 Å². The Bertz CT molecular complexity index is 850. The molecule has 0 spiro atoms. The van der Waals surface area contributed by atoms with Gasteiger partial charge in [0.05, 0.1) is 12.6 Å². The van der Waals surface area contributed by atoms with Crippen LogP contribution in [0.5, 0.6) is 0 Å². The number of carbonyl (C=O) groups is 3. The molecule has 3 unspecified atom stereocenters. The van der Waals surface area contributed by atoms with Crippen molar-refractivity contribution in [1.29, 1.82) is 0 Å². The maximum absolute atomic E-state index is 13.7. The zero-order valence-electron chi connectivity index (χ0n) is 21.2. The molecule has 1 N–H and O–H groups in total. The number of fused-ring (bicyclic) bond motifs is 1. The Kier molecular flexibility index (Phi) is 8.74. The first kappa shape index (κ1) is 26.2. The fourth-order valence-corrected chi connectivity index (χ4v) is 5.25. The van der Waals surface area contributed by atoms with Crippen molar-refractivity contribution < 1.29 is 23.9 Å². The number of rotatable bonds is 9. The van der Waals surface area contributed by atoms with Gasteiger partial charge in [0.25, 0.3) is 0 Å². The summed E-state index contributed by atoms with van der Waals surface area (Å²) < 4.78 is 10.9. The third-order valence-corrected chi connectivity index (χ3v) is 6.73. The summed E-state index contributed by atoms with van der Waals surface area (Å²) in [5, 5.41) is 3.22. The van der Waals surface area contributed by atoms with Gasteiger partial charge in [-0.15, -0.1) is 0 Å². The number of ether oxygens (including phenoxy) is 2. The van der Waals surface area contributed by atoms with Crippen LogP contribution in [0.1, 0.15) is 72.3 Å². The molecule has 34 heavy (non-hydrogen) atoms. The van der Waals surface area contributed by atoms with E-state index in [2.05, 4.69) is 5.32 Å². The highest BCUT2D eigenvalue weighted by Gasteiger charge is 2.50. The average molecular weight is 473 g/mol. The van der Waals surface area contributed by atoms with E-state index in [9.17, 15) is 14.4 Å². The molecule has 1 amide bonds. The number of aryl methyl sites for hydroxylation is 1. The summed E-state index contributed by atoms with van der Waals surface area (Å²) in [6.45, 7) is 9.35. The number of nitrogens with one attached hydrogen (secondary N) is 1. The van der Waals surface area contributed by atoms with Gasteiger partial charge in [0.2, 0.25) is 5.91 Å². The van der Waals surface area contributed by atoms with E-state index in [1.807, 2.05) is 51.1 Å². The molecule has 1 aliphatic heterocycles. The molecule has 1 saturated heterocycles. The Morgan fingerprint density at radius 2 is 1.85 bits per heavy atom. The molecule has 7 nitrogen and oxygen atoms in total. The molecular weight excluding hydrogens is 432 g/mol. The molecule has 1 aromatic carbocycles. The fourth-order valence-electron chi connectivity index (χ4n) is 5.25. The molecule has 188 valence electrons. The van der Waals surface area contributed by atoms with Crippen LogP contribution in [0.2, 0.25) is 0 Å². The molecule has 5 atom stereocenters. The summed E-state index contributed by atoms with van der Waals surface area (Å²) >= 11 is 0. The Balaban J connectivity index is 1.72. The smallest absolute Gasteiger partial charge is 0.329 e.